The molecule has 3 aromatic rings. The normalized spacial score (nSPS) is 16.2. The van der Waals surface area contributed by atoms with Crippen LogP contribution in [0.15, 0.2) is 66.4 Å². The van der Waals surface area contributed by atoms with Gasteiger partial charge in [-0.2, -0.15) is 0 Å². The molecule has 1 amide bonds. The van der Waals surface area contributed by atoms with Gasteiger partial charge in [0.2, 0.25) is 5.91 Å². The molecule has 1 aromatic heterocycles. The number of hydrogen-bond donors (Lipinski definition) is 1. The number of carbonyl (C=O) groups excluding carboxylic acids is 1. The summed E-state index contributed by atoms with van der Waals surface area (Å²) in [5.41, 5.74) is 4.97. The number of nitrogens with zero attached hydrogens (tertiary/aromatic N) is 2. The zero-order chi connectivity index (χ0) is 27.2. The molecule has 0 fully saturated rings. The quantitative estimate of drug-likeness (QED) is 0.437. The SMILES string of the molecule is CC(=O)N1CC=C(CC(=O)O)CC1.COc1cccc(C2OCc3cccn3-c3ccc(Cl)cc32)c1OC. The van der Waals surface area contributed by atoms with E-state index in [1.54, 1.807) is 19.1 Å². The minimum absolute atomic E-state index is 0.0469. The lowest BCUT2D eigenvalue weighted by Gasteiger charge is -2.24. The van der Waals surface area contributed by atoms with E-state index in [0.29, 0.717) is 42.6 Å². The number of carboxylic acid groups (broad SMARTS) is 1. The standard InChI is InChI=1S/C20H18ClNO3.C9H13NO3/c1-23-18-7-3-6-15(20(18)24-2)19-16-11-13(21)8-9-17(16)22-10-4-5-14(22)12-25-19;1-7(11)10-4-2-8(3-5-10)6-9(12)13/h3-11,19H,12H2,1-2H3;2H,3-6H2,1H3,(H,12,13). The van der Waals surface area contributed by atoms with Crippen LogP contribution < -0.4 is 9.47 Å². The van der Waals surface area contributed by atoms with Crippen LogP contribution in [0.4, 0.5) is 0 Å². The Morgan fingerprint density at radius 1 is 1.11 bits per heavy atom. The zero-order valence-corrected chi connectivity index (χ0v) is 22.4. The summed E-state index contributed by atoms with van der Waals surface area (Å²) in [6.45, 7) is 3.22. The lowest BCUT2D eigenvalue weighted by atomic mass is 9.98. The van der Waals surface area contributed by atoms with Crippen molar-refractivity contribution >= 4 is 23.5 Å². The predicted octanol–water partition coefficient (Wildman–Crippen LogP) is 5.41. The maximum absolute atomic E-state index is 10.9. The zero-order valence-electron chi connectivity index (χ0n) is 21.6. The molecule has 0 spiro atoms. The first-order valence-corrected chi connectivity index (χ1v) is 12.6. The smallest absolute Gasteiger partial charge is 0.307 e. The van der Waals surface area contributed by atoms with Crippen LogP contribution in [0.5, 0.6) is 11.5 Å². The minimum Gasteiger partial charge on any atom is -0.493 e. The summed E-state index contributed by atoms with van der Waals surface area (Å²) >= 11 is 6.30. The first-order chi connectivity index (χ1) is 18.3. The molecular formula is C29H31ClN2O6. The number of rotatable bonds is 5. The summed E-state index contributed by atoms with van der Waals surface area (Å²) in [7, 11) is 3.27. The minimum atomic E-state index is -0.803. The van der Waals surface area contributed by atoms with Crippen molar-refractivity contribution in [2.45, 2.75) is 32.5 Å². The molecule has 0 radical (unpaired) electrons. The molecule has 200 valence electrons. The Labute approximate surface area is 227 Å². The van der Waals surface area contributed by atoms with Gasteiger partial charge in [-0.15, -0.1) is 0 Å². The highest BCUT2D eigenvalue weighted by molar-refractivity contribution is 6.30. The molecule has 1 atom stereocenters. The summed E-state index contributed by atoms with van der Waals surface area (Å²) in [6, 6.07) is 15.8. The van der Waals surface area contributed by atoms with Crippen molar-refractivity contribution in [2.24, 2.45) is 0 Å². The van der Waals surface area contributed by atoms with Crippen molar-refractivity contribution in [3.8, 4) is 17.2 Å². The van der Waals surface area contributed by atoms with Gasteiger partial charge in [0.05, 0.1) is 32.9 Å². The van der Waals surface area contributed by atoms with E-state index in [-0.39, 0.29) is 18.4 Å². The predicted molar refractivity (Wildman–Crippen MR) is 144 cm³/mol. The van der Waals surface area contributed by atoms with E-state index in [1.165, 1.54) is 6.92 Å². The molecule has 0 aliphatic carbocycles. The second kappa shape index (κ2) is 12.2. The third kappa shape index (κ3) is 6.03. The molecule has 0 saturated heterocycles. The van der Waals surface area contributed by atoms with Crippen LogP contribution >= 0.6 is 11.6 Å². The van der Waals surface area contributed by atoms with Gasteiger partial charge in [-0.3, -0.25) is 9.59 Å². The van der Waals surface area contributed by atoms with Gasteiger partial charge in [0.15, 0.2) is 11.5 Å². The number of hydrogen-bond acceptors (Lipinski definition) is 5. The van der Waals surface area contributed by atoms with Crippen LogP contribution in [0.1, 0.15) is 42.7 Å². The number of methoxy groups -OCH3 is 2. The van der Waals surface area contributed by atoms with Gasteiger partial charge in [0.25, 0.3) is 0 Å². The van der Waals surface area contributed by atoms with E-state index in [1.807, 2.05) is 54.7 Å². The largest absolute Gasteiger partial charge is 0.493 e. The van der Waals surface area contributed by atoms with E-state index in [2.05, 4.69) is 10.6 Å². The Bertz CT molecular complexity index is 1350. The number of carboxylic acids is 1. The van der Waals surface area contributed by atoms with E-state index < -0.39 is 5.97 Å². The number of carbonyl (C=O) groups is 2. The van der Waals surface area contributed by atoms with Crippen molar-refractivity contribution in [1.29, 1.82) is 0 Å². The van der Waals surface area contributed by atoms with Crippen molar-refractivity contribution in [3.63, 3.8) is 0 Å². The van der Waals surface area contributed by atoms with E-state index in [9.17, 15) is 9.59 Å². The fourth-order valence-electron chi connectivity index (χ4n) is 4.71. The van der Waals surface area contributed by atoms with Crippen LogP contribution in [0, 0.1) is 0 Å². The highest BCUT2D eigenvalue weighted by atomic mass is 35.5. The average molecular weight is 539 g/mol. The second-order valence-corrected chi connectivity index (χ2v) is 9.43. The number of aliphatic carboxylic acids is 1. The molecule has 3 heterocycles. The number of para-hydroxylation sites is 1. The summed E-state index contributed by atoms with van der Waals surface area (Å²) in [6.07, 6.45) is 4.35. The van der Waals surface area contributed by atoms with E-state index in [4.69, 9.17) is 30.9 Å². The monoisotopic (exact) mass is 538 g/mol. The van der Waals surface area contributed by atoms with Gasteiger partial charge in [0.1, 0.15) is 6.10 Å². The topological polar surface area (TPSA) is 90.2 Å². The number of benzene rings is 2. The van der Waals surface area contributed by atoms with Crippen LogP contribution in [0.3, 0.4) is 0 Å². The molecule has 2 aliphatic rings. The maximum atomic E-state index is 10.9. The molecule has 0 saturated carbocycles. The number of fused-ring (bicyclic) bond motifs is 3. The van der Waals surface area contributed by atoms with Crippen LogP contribution in [0.25, 0.3) is 5.69 Å². The first kappa shape index (κ1) is 27.3. The fraction of sp³-hybridized carbons (Fsp3) is 0.310. The summed E-state index contributed by atoms with van der Waals surface area (Å²) in [4.78, 5) is 23.0. The summed E-state index contributed by atoms with van der Waals surface area (Å²) in [5, 5.41) is 9.19. The van der Waals surface area contributed by atoms with Gasteiger partial charge in [-0.1, -0.05) is 35.4 Å². The van der Waals surface area contributed by atoms with Gasteiger partial charge in [-0.05, 0) is 42.8 Å². The van der Waals surface area contributed by atoms with Gasteiger partial charge in [-0.25, -0.2) is 0 Å². The fourth-order valence-corrected chi connectivity index (χ4v) is 4.89. The third-order valence-electron chi connectivity index (χ3n) is 6.61. The molecule has 2 aliphatic heterocycles. The Morgan fingerprint density at radius 2 is 1.92 bits per heavy atom. The van der Waals surface area contributed by atoms with Crippen LogP contribution in [-0.2, 0) is 20.9 Å². The summed E-state index contributed by atoms with van der Waals surface area (Å²) < 4.78 is 19.5. The molecule has 8 nitrogen and oxygen atoms in total. The van der Waals surface area contributed by atoms with Crippen molar-refractivity contribution in [3.05, 3.63) is 88.2 Å². The lowest BCUT2D eigenvalue weighted by molar-refractivity contribution is -0.136. The molecular weight excluding hydrogens is 508 g/mol. The molecule has 1 N–H and O–H groups in total. The molecule has 38 heavy (non-hydrogen) atoms. The van der Waals surface area contributed by atoms with E-state index in [0.717, 1.165) is 28.1 Å². The number of amides is 1. The molecule has 2 aromatic carbocycles. The molecule has 9 heteroatoms. The lowest BCUT2D eigenvalue weighted by Crippen LogP contribution is -2.33. The number of ether oxygens (including phenoxy) is 3. The third-order valence-corrected chi connectivity index (χ3v) is 6.84. The molecule has 0 bridgehead atoms. The van der Waals surface area contributed by atoms with Gasteiger partial charge >= 0.3 is 5.97 Å². The van der Waals surface area contributed by atoms with Crippen molar-refractivity contribution in [1.82, 2.24) is 9.47 Å². The Hall–Kier alpha value is -3.75. The molecule has 1 unspecified atom stereocenters. The maximum Gasteiger partial charge on any atom is 0.307 e. The highest BCUT2D eigenvalue weighted by Gasteiger charge is 2.28. The summed E-state index contributed by atoms with van der Waals surface area (Å²) in [5.74, 6) is 0.594. The second-order valence-electron chi connectivity index (χ2n) is 8.99. The van der Waals surface area contributed by atoms with Crippen LogP contribution in [0.2, 0.25) is 5.02 Å². The van der Waals surface area contributed by atoms with Crippen molar-refractivity contribution in [2.75, 3.05) is 27.3 Å². The van der Waals surface area contributed by atoms with Gasteiger partial charge < -0.3 is 28.8 Å². The first-order valence-electron chi connectivity index (χ1n) is 12.3. The van der Waals surface area contributed by atoms with Crippen LogP contribution in [-0.4, -0.2) is 53.8 Å². The highest BCUT2D eigenvalue weighted by Crippen LogP contribution is 2.43. The average Bonchev–Trinajstić information content (AvgIpc) is 3.31. The van der Waals surface area contributed by atoms with E-state index >= 15 is 0 Å². The number of aromatic nitrogens is 1. The Morgan fingerprint density at radius 3 is 2.58 bits per heavy atom. The van der Waals surface area contributed by atoms with Crippen molar-refractivity contribution < 1.29 is 28.9 Å². The van der Waals surface area contributed by atoms with Gasteiger partial charge in [0, 0.05) is 48.1 Å². The Kier molecular flexibility index (Phi) is 8.76. The molecule has 5 rings (SSSR count). The number of halogens is 1. The Balaban J connectivity index is 0.000000219.